The van der Waals surface area contributed by atoms with E-state index < -0.39 is 12.1 Å². The van der Waals surface area contributed by atoms with Crippen LogP contribution in [0.2, 0.25) is 0 Å². The molecule has 0 aliphatic heterocycles. The lowest BCUT2D eigenvalue weighted by molar-refractivity contribution is -0.142. The summed E-state index contributed by atoms with van der Waals surface area (Å²) < 4.78 is 10.6. The van der Waals surface area contributed by atoms with E-state index in [2.05, 4.69) is 4.98 Å². The number of aromatic nitrogens is 1. The highest BCUT2D eigenvalue weighted by Gasteiger charge is 2.21. The Hall–Kier alpha value is -3.06. The molecule has 1 atom stereocenters. The summed E-state index contributed by atoms with van der Waals surface area (Å²) in [6.45, 7) is 1.32. The molecule has 0 saturated heterocycles. The van der Waals surface area contributed by atoms with Gasteiger partial charge >= 0.3 is 5.97 Å². The van der Waals surface area contributed by atoms with E-state index in [1.807, 2.05) is 0 Å². The zero-order valence-electron chi connectivity index (χ0n) is 13.2. The Morgan fingerprint density at radius 3 is 2.62 bits per heavy atom. The molecule has 0 bridgehead atoms. The van der Waals surface area contributed by atoms with Crippen LogP contribution in [0.15, 0.2) is 30.3 Å². The molecule has 0 fully saturated rings. The first kappa shape index (κ1) is 15.8. The molecule has 3 aromatic rings. The number of fused-ring (bicyclic) bond motifs is 2. The van der Waals surface area contributed by atoms with E-state index in [9.17, 15) is 9.90 Å². The number of methoxy groups -OCH3 is 1. The molecule has 0 aliphatic carbocycles. The van der Waals surface area contributed by atoms with Gasteiger partial charge in [-0.1, -0.05) is 0 Å². The second kappa shape index (κ2) is 5.86. The number of nitrogen functional groups attached to an aromatic ring is 2. The number of benzene rings is 2. The molecule has 7 heteroatoms. The first-order chi connectivity index (χ1) is 11.4. The minimum Gasteiger partial charge on any atom is -0.493 e. The fourth-order valence-electron chi connectivity index (χ4n) is 2.49. The standard InChI is InChI=1S/C17H17N3O4/c1-8(21)17(22)24-16-13(23-2)6-5-11-14(16)15(19)10-4-3-9(18)7-12(10)20-11/h3-8,21H,18H2,1-2H3,(H2,19,20). The second-order valence-electron chi connectivity index (χ2n) is 5.39. The van der Waals surface area contributed by atoms with Gasteiger partial charge in [0.05, 0.1) is 29.2 Å². The molecule has 0 saturated carbocycles. The highest BCUT2D eigenvalue weighted by atomic mass is 16.6. The molecule has 0 amide bonds. The molecule has 0 aliphatic rings. The maximum absolute atomic E-state index is 11.8. The van der Waals surface area contributed by atoms with Crippen LogP contribution in [0, 0.1) is 0 Å². The van der Waals surface area contributed by atoms with Crippen LogP contribution in [0.5, 0.6) is 11.5 Å². The van der Waals surface area contributed by atoms with E-state index in [-0.39, 0.29) is 5.75 Å². The van der Waals surface area contributed by atoms with Gasteiger partial charge in [0.2, 0.25) is 0 Å². The summed E-state index contributed by atoms with van der Waals surface area (Å²) in [7, 11) is 1.45. The van der Waals surface area contributed by atoms with Gasteiger partial charge in [0, 0.05) is 11.1 Å². The smallest absolute Gasteiger partial charge is 0.340 e. The van der Waals surface area contributed by atoms with Crippen molar-refractivity contribution in [2.75, 3.05) is 18.6 Å². The van der Waals surface area contributed by atoms with E-state index in [1.165, 1.54) is 14.0 Å². The van der Waals surface area contributed by atoms with Crippen molar-refractivity contribution in [2.24, 2.45) is 0 Å². The molecular formula is C17H17N3O4. The van der Waals surface area contributed by atoms with Crippen molar-refractivity contribution in [3.63, 3.8) is 0 Å². The average molecular weight is 327 g/mol. The van der Waals surface area contributed by atoms with Crippen LogP contribution in [0.4, 0.5) is 11.4 Å². The number of pyridine rings is 1. The molecule has 1 unspecified atom stereocenters. The monoisotopic (exact) mass is 327 g/mol. The van der Waals surface area contributed by atoms with Gasteiger partial charge in [0.25, 0.3) is 0 Å². The molecule has 1 aromatic heterocycles. The van der Waals surface area contributed by atoms with Crippen molar-refractivity contribution in [1.29, 1.82) is 0 Å². The first-order valence-electron chi connectivity index (χ1n) is 7.27. The van der Waals surface area contributed by atoms with Crippen molar-refractivity contribution in [1.82, 2.24) is 4.98 Å². The highest BCUT2D eigenvalue weighted by molar-refractivity contribution is 6.10. The van der Waals surface area contributed by atoms with Crippen molar-refractivity contribution in [3.8, 4) is 11.5 Å². The van der Waals surface area contributed by atoms with Gasteiger partial charge in [-0.2, -0.15) is 0 Å². The van der Waals surface area contributed by atoms with Gasteiger partial charge in [-0.25, -0.2) is 9.78 Å². The number of anilines is 2. The van der Waals surface area contributed by atoms with E-state index in [0.717, 1.165) is 0 Å². The molecule has 0 radical (unpaired) electrons. The third-order valence-corrected chi connectivity index (χ3v) is 3.69. The number of nitrogens with two attached hydrogens (primary N) is 2. The summed E-state index contributed by atoms with van der Waals surface area (Å²) >= 11 is 0. The summed E-state index contributed by atoms with van der Waals surface area (Å²) in [5, 5.41) is 10.5. The number of carbonyl (C=O) groups is 1. The Morgan fingerprint density at radius 2 is 1.96 bits per heavy atom. The van der Waals surface area contributed by atoms with Crippen molar-refractivity contribution >= 4 is 39.1 Å². The second-order valence-corrected chi connectivity index (χ2v) is 5.39. The van der Waals surface area contributed by atoms with Crippen molar-refractivity contribution < 1.29 is 19.4 Å². The van der Waals surface area contributed by atoms with Crippen LogP contribution in [-0.4, -0.2) is 29.3 Å². The number of esters is 1. The summed E-state index contributed by atoms with van der Waals surface area (Å²) in [6, 6.07) is 8.53. The number of hydrogen-bond donors (Lipinski definition) is 3. The molecular weight excluding hydrogens is 310 g/mol. The predicted molar refractivity (Wildman–Crippen MR) is 91.9 cm³/mol. The Balaban J connectivity index is 2.35. The summed E-state index contributed by atoms with van der Waals surface area (Å²) in [5.74, 6) is -0.359. The van der Waals surface area contributed by atoms with Crippen LogP contribution in [0.3, 0.4) is 0 Å². The minimum atomic E-state index is -1.28. The van der Waals surface area contributed by atoms with Gasteiger partial charge in [-0.05, 0) is 37.3 Å². The number of aliphatic hydroxyl groups excluding tert-OH is 1. The van der Waals surface area contributed by atoms with E-state index in [1.54, 1.807) is 30.3 Å². The lowest BCUT2D eigenvalue weighted by atomic mass is 10.1. The van der Waals surface area contributed by atoms with Gasteiger partial charge in [-0.3, -0.25) is 0 Å². The first-order valence-corrected chi connectivity index (χ1v) is 7.27. The van der Waals surface area contributed by atoms with Crippen molar-refractivity contribution in [3.05, 3.63) is 30.3 Å². The van der Waals surface area contributed by atoms with Crippen LogP contribution in [0.25, 0.3) is 21.8 Å². The largest absolute Gasteiger partial charge is 0.493 e. The van der Waals surface area contributed by atoms with Gasteiger partial charge < -0.3 is 26.0 Å². The van der Waals surface area contributed by atoms with E-state index in [0.29, 0.717) is 38.9 Å². The number of nitrogens with zero attached hydrogens (tertiary/aromatic N) is 1. The predicted octanol–water partition coefficient (Wildman–Crippen LogP) is 1.85. The fourth-order valence-corrected chi connectivity index (χ4v) is 2.49. The molecule has 1 heterocycles. The molecule has 24 heavy (non-hydrogen) atoms. The molecule has 7 nitrogen and oxygen atoms in total. The van der Waals surface area contributed by atoms with Gasteiger partial charge in [0.15, 0.2) is 11.5 Å². The Kier molecular flexibility index (Phi) is 3.86. The number of aliphatic hydroxyl groups is 1. The van der Waals surface area contributed by atoms with Crippen LogP contribution >= 0.6 is 0 Å². The third kappa shape index (κ3) is 2.55. The number of carbonyl (C=O) groups excluding carboxylic acids is 1. The molecule has 2 aromatic carbocycles. The number of rotatable bonds is 3. The fraction of sp³-hybridized carbons (Fsp3) is 0.176. The van der Waals surface area contributed by atoms with Gasteiger partial charge in [-0.15, -0.1) is 0 Å². The van der Waals surface area contributed by atoms with E-state index >= 15 is 0 Å². The quantitative estimate of drug-likeness (QED) is 0.290. The average Bonchev–Trinajstić information content (AvgIpc) is 2.54. The Morgan fingerprint density at radius 1 is 1.21 bits per heavy atom. The maximum atomic E-state index is 11.8. The molecule has 3 rings (SSSR count). The third-order valence-electron chi connectivity index (χ3n) is 3.69. The lowest BCUT2D eigenvalue weighted by Gasteiger charge is -2.15. The molecule has 5 N–H and O–H groups in total. The summed E-state index contributed by atoms with van der Waals surface area (Å²) in [6.07, 6.45) is -1.28. The molecule has 124 valence electrons. The summed E-state index contributed by atoms with van der Waals surface area (Å²) in [4.78, 5) is 16.4. The molecule has 0 spiro atoms. The van der Waals surface area contributed by atoms with Crippen LogP contribution in [-0.2, 0) is 4.79 Å². The Bertz CT molecular complexity index is 954. The van der Waals surface area contributed by atoms with E-state index in [4.69, 9.17) is 20.9 Å². The van der Waals surface area contributed by atoms with Crippen LogP contribution in [0.1, 0.15) is 6.92 Å². The maximum Gasteiger partial charge on any atom is 0.340 e. The zero-order valence-corrected chi connectivity index (χ0v) is 13.2. The zero-order chi connectivity index (χ0) is 17.4. The minimum absolute atomic E-state index is 0.129. The SMILES string of the molecule is COc1ccc2nc3cc(N)ccc3c(N)c2c1OC(=O)C(C)O. The number of ether oxygens (including phenoxy) is 2. The normalized spacial score (nSPS) is 12.3. The Labute approximate surface area is 137 Å². The number of hydrogen-bond acceptors (Lipinski definition) is 7. The highest BCUT2D eigenvalue weighted by Crippen LogP contribution is 2.41. The van der Waals surface area contributed by atoms with Crippen molar-refractivity contribution in [2.45, 2.75) is 13.0 Å². The summed E-state index contributed by atoms with van der Waals surface area (Å²) in [5.41, 5.74) is 14.2. The van der Waals surface area contributed by atoms with Gasteiger partial charge in [0.1, 0.15) is 6.10 Å². The lowest BCUT2D eigenvalue weighted by Crippen LogP contribution is -2.22. The topological polar surface area (TPSA) is 121 Å². The van der Waals surface area contributed by atoms with Crippen LogP contribution < -0.4 is 20.9 Å².